The lowest BCUT2D eigenvalue weighted by Crippen LogP contribution is -2.09. The number of aromatic nitrogens is 1. The molecule has 2 aromatic rings. The minimum absolute atomic E-state index is 0.0369. The second-order valence-electron chi connectivity index (χ2n) is 4.86. The zero-order chi connectivity index (χ0) is 15.5. The predicted molar refractivity (Wildman–Crippen MR) is 78.7 cm³/mol. The summed E-state index contributed by atoms with van der Waals surface area (Å²) in [7, 11) is -3.35. The number of rotatable bonds is 5. The number of pyridine rings is 1. The highest BCUT2D eigenvalue weighted by Crippen LogP contribution is 2.13. The zero-order valence-corrected chi connectivity index (χ0v) is 12.3. The van der Waals surface area contributed by atoms with Crippen LogP contribution in [0, 0.1) is 6.92 Å². The van der Waals surface area contributed by atoms with Crippen molar-refractivity contribution in [1.82, 2.24) is 4.98 Å². The van der Waals surface area contributed by atoms with Crippen LogP contribution in [0.15, 0.2) is 42.6 Å². The van der Waals surface area contributed by atoms with Gasteiger partial charge in [0.15, 0.2) is 9.84 Å². The standard InChI is InChI=1S/C15H15NO4S/c1-11-3-2-4-12(7-11)9-21(19,20)10-14-6-5-13(8-16-14)15(17)18/h2-8H,9-10H2,1H3,(H,17,18). The summed E-state index contributed by atoms with van der Waals surface area (Å²) in [6, 6.07) is 10.1. The van der Waals surface area contributed by atoms with Crippen LogP contribution >= 0.6 is 0 Å². The van der Waals surface area contributed by atoms with E-state index < -0.39 is 15.8 Å². The third-order valence-corrected chi connectivity index (χ3v) is 4.42. The molecular weight excluding hydrogens is 290 g/mol. The fourth-order valence-corrected chi connectivity index (χ4v) is 3.38. The molecule has 2 rings (SSSR count). The van der Waals surface area contributed by atoms with E-state index in [4.69, 9.17) is 5.11 Å². The van der Waals surface area contributed by atoms with E-state index in [-0.39, 0.29) is 17.1 Å². The van der Waals surface area contributed by atoms with Gasteiger partial charge in [-0.25, -0.2) is 13.2 Å². The number of nitrogens with zero attached hydrogens (tertiary/aromatic N) is 1. The number of aryl methyl sites for hydroxylation is 1. The first-order chi connectivity index (χ1) is 9.85. The van der Waals surface area contributed by atoms with E-state index in [0.717, 1.165) is 11.1 Å². The maximum atomic E-state index is 12.1. The van der Waals surface area contributed by atoms with Crippen LogP contribution in [0.3, 0.4) is 0 Å². The van der Waals surface area contributed by atoms with Gasteiger partial charge < -0.3 is 5.11 Å². The van der Waals surface area contributed by atoms with Gasteiger partial charge >= 0.3 is 5.97 Å². The van der Waals surface area contributed by atoms with E-state index in [9.17, 15) is 13.2 Å². The van der Waals surface area contributed by atoms with E-state index in [2.05, 4.69) is 4.98 Å². The van der Waals surface area contributed by atoms with Crippen LogP contribution in [-0.4, -0.2) is 24.5 Å². The Morgan fingerprint density at radius 3 is 2.52 bits per heavy atom. The lowest BCUT2D eigenvalue weighted by atomic mass is 10.2. The van der Waals surface area contributed by atoms with E-state index in [0.29, 0.717) is 5.69 Å². The fourth-order valence-electron chi connectivity index (χ4n) is 1.97. The SMILES string of the molecule is Cc1cccc(CS(=O)(=O)Cc2ccc(C(=O)O)cn2)c1. The number of hydrogen-bond donors (Lipinski definition) is 1. The van der Waals surface area contributed by atoms with Crippen molar-refractivity contribution in [2.45, 2.75) is 18.4 Å². The van der Waals surface area contributed by atoms with Crippen molar-refractivity contribution < 1.29 is 18.3 Å². The van der Waals surface area contributed by atoms with Crippen molar-refractivity contribution in [1.29, 1.82) is 0 Å². The average molecular weight is 305 g/mol. The smallest absolute Gasteiger partial charge is 0.337 e. The van der Waals surface area contributed by atoms with Gasteiger partial charge in [-0.05, 0) is 24.6 Å². The summed E-state index contributed by atoms with van der Waals surface area (Å²) in [5, 5.41) is 8.77. The predicted octanol–water partition coefficient (Wildman–Crippen LogP) is 2.20. The highest BCUT2D eigenvalue weighted by atomic mass is 32.2. The Hall–Kier alpha value is -2.21. The van der Waals surface area contributed by atoms with Crippen LogP contribution in [0.25, 0.3) is 0 Å². The number of sulfone groups is 1. The van der Waals surface area contributed by atoms with Gasteiger partial charge in [-0.15, -0.1) is 0 Å². The minimum atomic E-state index is -3.35. The van der Waals surface area contributed by atoms with Crippen LogP contribution in [0.4, 0.5) is 0 Å². The highest BCUT2D eigenvalue weighted by Gasteiger charge is 2.14. The number of carboxylic acids is 1. The molecule has 0 amide bonds. The second kappa shape index (κ2) is 6.05. The molecule has 1 heterocycles. The van der Waals surface area contributed by atoms with Gasteiger partial charge in [0, 0.05) is 6.20 Å². The largest absolute Gasteiger partial charge is 0.478 e. The maximum absolute atomic E-state index is 12.1. The van der Waals surface area contributed by atoms with Gasteiger partial charge in [-0.3, -0.25) is 4.98 Å². The molecule has 21 heavy (non-hydrogen) atoms. The third kappa shape index (κ3) is 4.39. The van der Waals surface area contributed by atoms with Crippen molar-refractivity contribution >= 4 is 15.8 Å². The Morgan fingerprint density at radius 2 is 1.95 bits per heavy atom. The molecule has 0 aliphatic carbocycles. The van der Waals surface area contributed by atoms with Crippen molar-refractivity contribution in [3.63, 3.8) is 0 Å². The molecule has 110 valence electrons. The lowest BCUT2D eigenvalue weighted by molar-refractivity contribution is 0.0696. The van der Waals surface area contributed by atoms with Crippen molar-refractivity contribution in [2.75, 3.05) is 0 Å². The number of hydrogen-bond acceptors (Lipinski definition) is 4. The van der Waals surface area contributed by atoms with Gasteiger partial charge in [0.25, 0.3) is 0 Å². The summed E-state index contributed by atoms with van der Waals surface area (Å²) in [6.45, 7) is 1.91. The molecule has 1 N–H and O–H groups in total. The Labute approximate surface area is 123 Å². The molecule has 0 saturated carbocycles. The number of carbonyl (C=O) groups is 1. The first-order valence-corrected chi connectivity index (χ1v) is 8.12. The Bertz CT molecular complexity index is 751. The second-order valence-corrected chi connectivity index (χ2v) is 6.93. The van der Waals surface area contributed by atoms with Crippen LogP contribution in [0.5, 0.6) is 0 Å². The highest BCUT2D eigenvalue weighted by molar-refractivity contribution is 7.89. The average Bonchev–Trinajstić information content (AvgIpc) is 2.38. The van der Waals surface area contributed by atoms with E-state index in [1.54, 1.807) is 6.07 Å². The summed E-state index contributed by atoms with van der Waals surface area (Å²) in [5.74, 6) is -1.35. The van der Waals surface area contributed by atoms with Crippen LogP contribution < -0.4 is 0 Å². The summed E-state index contributed by atoms with van der Waals surface area (Å²) in [5.41, 5.74) is 2.12. The topological polar surface area (TPSA) is 84.3 Å². The van der Waals surface area contributed by atoms with Gasteiger partial charge in [0.2, 0.25) is 0 Å². The molecule has 6 heteroatoms. The molecule has 0 aliphatic rings. The first kappa shape index (κ1) is 15.2. The summed E-state index contributed by atoms with van der Waals surface area (Å²) in [4.78, 5) is 14.6. The van der Waals surface area contributed by atoms with Crippen LogP contribution in [0.2, 0.25) is 0 Å². The maximum Gasteiger partial charge on any atom is 0.337 e. The molecule has 0 atom stereocenters. The van der Waals surface area contributed by atoms with Gasteiger partial charge in [0.1, 0.15) is 0 Å². The molecular formula is C15H15NO4S. The Balaban J connectivity index is 2.12. The molecule has 0 aliphatic heterocycles. The van der Waals surface area contributed by atoms with Crippen LogP contribution in [0.1, 0.15) is 27.2 Å². The Morgan fingerprint density at radius 1 is 1.19 bits per heavy atom. The molecule has 1 aromatic carbocycles. The number of benzene rings is 1. The van der Waals surface area contributed by atoms with Crippen molar-refractivity contribution in [2.24, 2.45) is 0 Å². The quantitative estimate of drug-likeness (QED) is 0.915. The fraction of sp³-hybridized carbons (Fsp3) is 0.200. The molecule has 0 bridgehead atoms. The van der Waals surface area contributed by atoms with E-state index in [1.165, 1.54) is 18.3 Å². The normalized spacial score (nSPS) is 11.3. The number of aromatic carboxylic acids is 1. The third-order valence-electron chi connectivity index (χ3n) is 2.91. The lowest BCUT2D eigenvalue weighted by Gasteiger charge is -2.05. The summed E-state index contributed by atoms with van der Waals surface area (Å²) < 4.78 is 24.3. The number of carboxylic acid groups (broad SMARTS) is 1. The molecule has 1 aromatic heterocycles. The van der Waals surface area contributed by atoms with Crippen molar-refractivity contribution in [3.05, 3.63) is 65.0 Å². The molecule has 0 unspecified atom stereocenters. The van der Waals surface area contributed by atoms with Crippen LogP contribution in [-0.2, 0) is 21.3 Å². The minimum Gasteiger partial charge on any atom is -0.478 e. The molecule has 0 radical (unpaired) electrons. The molecule has 5 nitrogen and oxygen atoms in total. The first-order valence-electron chi connectivity index (χ1n) is 6.30. The van der Waals surface area contributed by atoms with Gasteiger partial charge in [0.05, 0.1) is 22.8 Å². The molecule has 0 spiro atoms. The zero-order valence-electron chi connectivity index (χ0n) is 11.5. The van der Waals surface area contributed by atoms with Crippen molar-refractivity contribution in [3.8, 4) is 0 Å². The summed E-state index contributed by atoms with van der Waals surface area (Å²) in [6.07, 6.45) is 1.17. The van der Waals surface area contributed by atoms with Gasteiger partial charge in [-0.1, -0.05) is 29.8 Å². The monoisotopic (exact) mass is 305 g/mol. The summed E-state index contributed by atoms with van der Waals surface area (Å²) >= 11 is 0. The van der Waals surface area contributed by atoms with Gasteiger partial charge in [-0.2, -0.15) is 0 Å². The Kier molecular flexibility index (Phi) is 4.37. The molecule has 0 fully saturated rings. The molecule has 0 saturated heterocycles. The van der Waals surface area contributed by atoms with E-state index >= 15 is 0 Å². The van der Waals surface area contributed by atoms with E-state index in [1.807, 2.05) is 25.1 Å².